The van der Waals surface area contributed by atoms with Crippen molar-refractivity contribution in [2.24, 2.45) is 0 Å². The molecule has 1 rings (SSSR count). The van der Waals surface area contributed by atoms with Gasteiger partial charge in [-0.3, -0.25) is 4.79 Å². The molecule has 90 valence electrons. The number of carbonyl (C=O) groups is 1. The van der Waals surface area contributed by atoms with Gasteiger partial charge in [-0.2, -0.15) is 0 Å². The third-order valence-corrected chi connectivity index (χ3v) is 2.76. The number of hydrogen-bond acceptors (Lipinski definition) is 3. The van der Waals surface area contributed by atoms with Crippen molar-refractivity contribution in [1.29, 1.82) is 0 Å². The van der Waals surface area contributed by atoms with E-state index in [-0.39, 0.29) is 36.5 Å². The standard InChI is InChI=1S/C10H20N2O2.ClH/c1-3-7(4-2)12-10(14)9-5-8(13)6-11-9;/h7-9,11,13H,3-6H2,1-2H3,(H,12,14);1H. The van der Waals surface area contributed by atoms with E-state index in [0.29, 0.717) is 13.0 Å². The molecule has 2 unspecified atom stereocenters. The molecule has 0 aromatic rings. The number of halogens is 1. The summed E-state index contributed by atoms with van der Waals surface area (Å²) in [5, 5.41) is 15.2. The van der Waals surface area contributed by atoms with E-state index in [1.54, 1.807) is 0 Å². The van der Waals surface area contributed by atoms with Crippen LogP contribution in [0.4, 0.5) is 0 Å². The molecule has 0 spiro atoms. The molecule has 1 saturated heterocycles. The molecule has 1 fully saturated rings. The van der Waals surface area contributed by atoms with Crippen molar-refractivity contribution in [1.82, 2.24) is 10.6 Å². The smallest absolute Gasteiger partial charge is 0.237 e. The zero-order valence-corrected chi connectivity index (χ0v) is 10.1. The zero-order chi connectivity index (χ0) is 10.6. The van der Waals surface area contributed by atoms with Crippen LogP contribution >= 0.6 is 12.4 Å². The number of rotatable bonds is 4. The van der Waals surface area contributed by atoms with Gasteiger partial charge in [-0.15, -0.1) is 12.4 Å². The highest BCUT2D eigenvalue weighted by molar-refractivity contribution is 5.85. The van der Waals surface area contributed by atoms with E-state index in [4.69, 9.17) is 0 Å². The first-order valence-electron chi connectivity index (χ1n) is 5.39. The molecule has 5 heteroatoms. The Morgan fingerprint density at radius 3 is 2.53 bits per heavy atom. The summed E-state index contributed by atoms with van der Waals surface area (Å²) < 4.78 is 0. The molecule has 0 aromatic carbocycles. The first-order chi connectivity index (χ1) is 6.67. The highest BCUT2D eigenvalue weighted by Crippen LogP contribution is 2.07. The second-order valence-electron chi connectivity index (χ2n) is 3.87. The summed E-state index contributed by atoms with van der Waals surface area (Å²) in [6, 6.07) is 0.0626. The molecule has 0 bridgehead atoms. The predicted octanol–water partition coefficient (Wildman–Crippen LogP) is 0.436. The highest BCUT2D eigenvalue weighted by atomic mass is 35.5. The minimum absolute atomic E-state index is 0. The molecule has 15 heavy (non-hydrogen) atoms. The van der Waals surface area contributed by atoms with Gasteiger partial charge in [0.25, 0.3) is 0 Å². The maximum Gasteiger partial charge on any atom is 0.237 e. The van der Waals surface area contributed by atoms with Gasteiger partial charge in [-0.1, -0.05) is 13.8 Å². The van der Waals surface area contributed by atoms with E-state index < -0.39 is 0 Å². The van der Waals surface area contributed by atoms with Crippen LogP contribution in [-0.2, 0) is 4.79 Å². The monoisotopic (exact) mass is 236 g/mol. The second kappa shape index (κ2) is 7.04. The molecule has 0 saturated carbocycles. The van der Waals surface area contributed by atoms with Crippen molar-refractivity contribution in [3.63, 3.8) is 0 Å². The molecule has 1 amide bonds. The molecule has 0 aliphatic carbocycles. The fraction of sp³-hybridized carbons (Fsp3) is 0.900. The average Bonchev–Trinajstić information content (AvgIpc) is 2.61. The summed E-state index contributed by atoms with van der Waals surface area (Å²) in [6.07, 6.45) is 2.08. The maximum atomic E-state index is 11.6. The van der Waals surface area contributed by atoms with Crippen LogP contribution in [0.25, 0.3) is 0 Å². The number of amides is 1. The van der Waals surface area contributed by atoms with Crippen molar-refractivity contribution < 1.29 is 9.90 Å². The van der Waals surface area contributed by atoms with Crippen molar-refractivity contribution >= 4 is 18.3 Å². The van der Waals surface area contributed by atoms with E-state index in [1.165, 1.54) is 0 Å². The largest absolute Gasteiger partial charge is 0.392 e. The predicted molar refractivity (Wildman–Crippen MR) is 62.2 cm³/mol. The van der Waals surface area contributed by atoms with Gasteiger partial charge in [0.1, 0.15) is 0 Å². The maximum absolute atomic E-state index is 11.6. The fourth-order valence-electron chi connectivity index (χ4n) is 1.71. The van der Waals surface area contributed by atoms with E-state index in [9.17, 15) is 9.90 Å². The highest BCUT2D eigenvalue weighted by Gasteiger charge is 2.28. The minimum atomic E-state index is -0.368. The quantitative estimate of drug-likeness (QED) is 0.664. The Hall–Kier alpha value is -0.320. The second-order valence-corrected chi connectivity index (χ2v) is 3.87. The summed E-state index contributed by atoms with van der Waals surface area (Å²) in [7, 11) is 0. The normalized spacial score (nSPS) is 25.1. The molecule has 2 atom stereocenters. The number of aliphatic hydroxyl groups excluding tert-OH is 1. The van der Waals surface area contributed by atoms with Gasteiger partial charge < -0.3 is 15.7 Å². The zero-order valence-electron chi connectivity index (χ0n) is 9.32. The Morgan fingerprint density at radius 1 is 1.53 bits per heavy atom. The molecule has 1 aliphatic heterocycles. The summed E-state index contributed by atoms with van der Waals surface area (Å²) in [4.78, 5) is 11.6. The van der Waals surface area contributed by atoms with Crippen LogP contribution in [0.15, 0.2) is 0 Å². The fourth-order valence-corrected chi connectivity index (χ4v) is 1.71. The Morgan fingerprint density at radius 2 is 2.13 bits per heavy atom. The van der Waals surface area contributed by atoms with Gasteiger partial charge in [0, 0.05) is 12.6 Å². The van der Waals surface area contributed by atoms with Gasteiger partial charge in [-0.25, -0.2) is 0 Å². The number of nitrogens with one attached hydrogen (secondary N) is 2. The first kappa shape index (κ1) is 14.7. The van der Waals surface area contributed by atoms with E-state index >= 15 is 0 Å². The van der Waals surface area contributed by atoms with E-state index in [2.05, 4.69) is 24.5 Å². The molecule has 1 aliphatic rings. The minimum Gasteiger partial charge on any atom is -0.392 e. The van der Waals surface area contributed by atoms with Gasteiger partial charge in [-0.05, 0) is 19.3 Å². The van der Waals surface area contributed by atoms with Crippen LogP contribution in [0.3, 0.4) is 0 Å². The van der Waals surface area contributed by atoms with Crippen LogP contribution < -0.4 is 10.6 Å². The van der Waals surface area contributed by atoms with Crippen LogP contribution in [0.2, 0.25) is 0 Å². The summed E-state index contributed by atoms with van der Waals surface area (Å²) in [6.45, 7) is 4.65. The Bertz CT molecular complexity index is 198. The van der Waals surface area contributed by atoms with Gasteiger partial charge in [0.2, 0.25) is 5.91 Å². The SMILES string of the molecule is CCC(CC)NC(=O)C1CC(O)CN1.Cl. The average molecular weight is 237 g/mol. The molecule has 0 radical (unpaired) electrons. The Kier molecular flexibility index (Phi) is 6.89. The Labute approximate surface area is 97.2 Å². The van der Waals surface area contributed by atoms with E-state index in [1.807, 2.05) is 0 Å². The Balaban J connectivity index is 0.00000196. The lowest BCUT2D eigenvalue weighted by molar-refractivity contribution is -0.123. The number of carbonyl (C=O) groups excluding carboxylic acids is 1. The van der Waals surface area contributed by atoms with Crippen LogP contribution in [0.1, 0.15) is 33.1 Å². The van der Waals surface area contributed by atoms with Crippen molar-refractivity contribution in [2.75, 3.05) is 6.54 Å². The van der Waals surface area contributed by atoms with Crippen molar-refractivity contribution in [3.05, 3.63) is 0 Å². The van der Waals surface area contributed by atoms with Crippen molar-refractivity contribution in [2.45, 2.75) is 51.3 Å². The lowest BCUT2D eigenvalue weighted by Gasteiger charge is -2.17. The number of hydrogen-bond donors (Lipinski definition) is 3. The first-order valence-corrected chi connectivity index (χ1v) is 5.39. The molecular weight excluding hydrogens is 216 g/mol. The third-order valence-electron chi connectivity index (χ3n) is 2.76. The van der Waals surface area contributed by atoms with Gasteiger partial charge >= 0.3 is 0 Å². The van der Waals surface area contributed by atoms with Gasteiger partial charge in [0.15, 0.2) is 0 Å². The summed E-state index contributed by atoms with van der Waals surface area (Å²) in [5.41, 5.74) is 0. The topological polar surface area (TPSA) is 61.4 Å². The van der Waals surface area contributed by atoms with Crippen molar-refractivity contribution in [3.8, 4) is 0 Å². The van der Waals surface area contributed by atoms with Crippen LogP contribution in [0, 0.1) is 0 Å². The summed E-state index contributed by atoms with van der Waals surface area (Å²) in [5.74, 6) is 0.0234. The summed E-state index contributed by atoms with van der Waals surface area (Å²) >= 11 is 0. The molecule has 0 aromatic heterocycles. The third kappa shape index (κ3) is 4.36. The molecule has 3 N–H and O–H groups in total. The number of β-amino-alcohol motifs (C(OH)–C–C–N with tert-alkyl or cyclic N) is 1. The number of aliphatic hydroxyl groups is 1. The van der Waals surface area contributed by atoms with E-state index in [0.717, 1.165) is 12.8 Å². The molecule has 4 nitrogen and oxygen atoms in total. The van der Waals surface area contributed by atoms with Crippen LogP contribution in [-0.4, -0.2) is 35.7 Å². The van der Waals surface area contributed by atoms with Gasteiger partial charge in [0.05, 0.1) is 12.1 Å². The lowest BCUT2D eigenvalue weighted by Crippen LogP contribution is -2.44. The molecular formula is C10H21ClN2O2. The lowest BCUT2D eigenvalue weighted by atomic mass is 10.1. The molecule has 1 heterocycles. The van der Waals surface area contributed by atoms with Crippen LogP contribution in [0.5, 0.6) is 0 Å².